The zero-order valence-electron chi connectivity index (χ0n) is 9.85. The first kappa shape index (κ1) is 15.8. The van der Waals surface area contributed by atoms with Crippen molar-refractivity contribution < 1.29 is 13.3 Å². The molecule has 0 spiro atoms. The molecule has 13 heavy (non-hydrogen) atoms. The molecule has 0 unspecified atom stereocenters. The molecule has 0 heterocycles. The Morgan fingerprint density at radius 1 is 0.923 bits per heavy atom. The van der Waals surface area contributed by atoms with E-state index in [4.69, 9.17) is 8.85 Å². The van der Waals surface area contributed by atoms with Gasteiger partial charge in [0.05, 0.1) is 0 Å². The van der Waals surface area contributed by atoms with Crippen molar-refractivity contribution in [3.63, 3.8) is 0 Å². The van der Waals surface area contributed by atoms with E-state index in [-0.39, 0.29) is 0 Å². The highest BCUT2D eigenvalue weighted by Crippen LogP contribution is 2.04. The van der Waals surface area contributed by atoms with Crippen LogP contribution in [0.3, 0.4) is 0 Å². The highest BCUT2D eigenvalue weighted by atomic mass is 28.4. The number of hydrogen-bond acceptors (Lipinski definition) is 3. The standard InChI is InChI=1S/C6H16O2Si.C2H8OSi/c1-5-7-9(3,4)8-6-2;1-2-3-4/h5-6H2,1-4H3;2H2,1,4H3. The van der Waals surface area contributed by atoms with Crippen LogP contribution in [0.5, 0.6) is 0 Å². The predicted molar refractivity (Wildman–Crippen MR) is 62.3 cm³/mol. The van der Waals surface area contributed by atoms with E-state index in [1.54, 1.807) is 0 Å². The highest BCUT2D eigenvalue weighted by Gasteiger charge is 2.22. The molecule has 0 aromatic rings. The molecule has 0 bridgehead atoms. The van der Waals surface area contributed by atoms with E-state index in [1.807, 2.05) is 20.8 Å². The van der Waals surface area contributed by atoms with Crippen LogP contribution in [0.1, 0.15) is 20.8 Å². The van der Waals surface area contributed by atoms with Crippen LogP contribution in [0.25, 0.3) is 0 Å². The van der Waals surface area contributed by atoms with Gasteiger partial charge in [-0.15, -0.1) is 0 Å². The van der Waals surface area contributed by atoms with Gasteiger partial charge in [0.2, 0.25) is 0 Å². The summed E-state index contributed by atoms with van der Waals surface area (Å²) in [6.07, 6.45) is 0. The molecule has 0 aliphatic rings. The van der Waals surface area contributed by atoms with Crippen molar-refractivity contribution in [3.05, 3.63) is 0 Å². The largest absolute Gasteiger partial charge is 0.428 e. The minimum absolute atomic E-state index is 0.763. The molecule has 82 valence electrons. The van der Waals surface area contributed by atoms with Gasteiger partial charge in [-0.2, -0.15) is 0 Å². The molecular formula is C8H24O3Si2. The fourth-order valence-electron chi connectivity index (χ4n) is 0.737. The lowest BCUT2D eigenvalue weighted by atomic mass is 10.9. The molecule has 3 nitrogen and oxygen atoms in total. The number of hydrogen-bond donors (Lipinski definition) is 0. The van der Waals surface area contributed by atoms with E-state index >= 15 is 0 Å². The van der Waals surface area contributed by atoms with Gasteiger partial charge in [-0.25, -0.2) is 0 Å². The Morgan fingerprint density at radius 3 is 1.38 bits per heavy atom. The third-order valence-electron chi connectivity index (χ3n) is 1.27. The molecule has 0 radical (unpaired) electrons. The van der Waals surface area contributed by atoms with Gasteiger partial charge in [0.1, 0.15) is 10.5 Å². The molecule has 0 atom stereocenters. The molecule has 0 aliphatic heterocycles. The first-order valence-corrected chi connectivity index (χ1v) is 8.44. The second-order valence-electron chi connectivity index (χ2n) is 2.84. The number of rotatable bonds is 5. The third kappa shape index (κ3) is 15.1. The lowest BCUT2D eigenvalue weighted by molar-refractivity contribution is 0.196. The minimum Gasteiger partial charge on any atom is -0.428 e. The Balaban J connectivity index is 0. The van der Waals surface area contributed by atoms with Crippen LogP contribution in [0.4, 0.5) is 0 Å². The zero-order valence-corrected chi connectivity index (χ0v) is 12.8. The van der Waals surface area contributed by atoms with Crippen molar-refractivity contribution in [2.75, 3.05) is 19.8 Å². The second kappa shape index (κ2) is 10.4. The van der Waals surface area contributed by atoms with Crippen molar-refractivity contribution in [3.8, 4) is 0 Å². The Morgan fingerprint density at radius 2 is 1.23 bits per heavy atom. The van der Waals surface area contributed by atoms with Crippen LogP contribution in [0.2, 0.25) is 13.1 Å². The van der Waals surface area contributed by atoms with E-state index in [0.717, 1.165) is 30.3 Å². The fourth-order valence-corrected chi connectivity index (χ4v) is 2.21. The molecule has 0 rings (SSSR count). The molecule has 0 aromatic carbocycles. The van der Waals surface area contributed by atoms with Gasteiger partial charge in [-0.3, -0.25) is 0 Å². The summed E-state index contributed by atoms with van der Waals surface area (Å²) >= 11 is 0. The summed E-state index contributed by atoms with van der Waals surface area (Å²) < 4.78 is 15.5. The quantitative estimate of drug-likeness (QED) is 0.654. The lowest BCUT2D eigenvalue weighted by Crippen LogP contribution is -2.34. The lowest BCUT2D eigenvalue weighted by Gasteiger charge is -2.20. The molecule has 0 aromatic heterocycles. The smallest absolute Gasteiger partial charge is 0.331 e. The molecule has 0 fully saturated rings. The maximum absolute atomic E-state index is 5.39. The van der Waals surface area contributed by atoms with Crippen LogP contribution >= 0.6 is 0 Å². The van der Waals surface area contributed by atoms with Gasteiger partial charge >= 0.3 is 8.56 Å². The molecule has 0 aliphatic carbocycles. The van der Waals surface area contributed by atoms with E-state index in [9.17, 15) is 0 Å². The van der Waals surface area contributed by atoms with Crippen molar-refractivity contribution >= 4 is 19.0 Å². The molecule has 0 saturated heterocycles. The summed E-state index contributed by atoms with van der Waals surface area (Å²) in [5.41, 5.74) is 0. The summed E-state index contributed by atoms with van der Waals surface area (Å²) in [7, 11) is -0.814. The molecular weight excluding hydrogens is 200 g/mol. The summed E-state index contributed by atoms with van der Waals surface area (Å²) in [6, 6.07) is 0. The van der Waals surface area contributed by atoms with E-state index in [0.29, 0.717) is 0 Å². The Labute approximate surface area is 86.6 Å². The molecule has 0 saturated carbocycles. The van der Waals surface area contributed by atoms with Crippen LogP contribution in [0, 0.1) is 0 Å². The predicted octanol–water partition coefficient (Wildman–Crippen LogP) is 1.06. The highest BCUT2D eigenvalue weighted by molar-refractivity contribution is 6.64. The van der Waals surface area contributed by atoms with Gasteiger partial charge in [0.25, 0.3) is 0 Å². The van der Waals surface area contributed by atoms with E-state index in [1.165, 1.54) is 0 Å². The Hall–Kier alpha value is 0.314. The van der Waals surface area contributed by atoms with Crippen molar-refractivity contribution in [1.82, 2.24) is 0 Å². The zero-order chi connectivity index (χ0) is 10.7. The van der Waals surface area contributed by atoms with E-state index in [2.05, 4.69) is 17.5 Å². The van der Waals surface area contributed by atoms with Gasteiger partial charge in [0.15, 0.2) is 0 Å². The average Bonchev–Trinajstić information content (AvgIpc) is 2.04. The maximum Gasteiger partial charge on any atom is 0.331 e. The summed E-state index contributed by atoms with van der Waals surface area (Å²) in [4.78, 5) is 0. The SMILES string of the molecule is CCO[SiH3].CCO[Si](C)(C)OCC. The average molecular weight is 224 g/mol. The third-order valence-corrected chi connectivity index (χ3v) is 3.82. The fraction of sp³-hybridized carbons (Fsp3) is 1.00. The first-order valence-electron chi connectivity index (χ1n) is 4.80. The second-order valence-corrected chi connectivity index (χ2v) is 6.80. The van der Waals surface area contributed by atoms with Crippen LogP contribution in [0.15, 0.2) is 0 Å². The normalized spacial score (nSPS) is 10.8. The summed E-state index contributed by atoms with van der Waals surface area (Å²) in [5, 5.41) is 0. The van der Waals surface area contributed by atoms with Crippen LogP contribution < -0.4 is 0 Å². The molecule has 0 N–H and O–H groups in total. The van der Waals surface area contributed by atoms with Crippen molar-refractivity contribution in [1.29, 1.82) is 0 Å². The molecule has 5 heteroatoms. The maximum atomic E-state index is 5.39. The van der Waals surface area contributed by atoms with Crippen molar-refractivity contribution in [2.45, 2.75) is 33.9 Å². The summed E-state index contributed by atoms with van der Waals surface area (Å²) in [5.74, 6) is 0. The first-order chi connectivity index (χ1) is 6.04. The van der Waals surface area contributed by atoms with E-state index < -0.39 is 8.56 Å². The Kier molecular flexibility index (Phi) is 12.6. The summed E-state index contributed by atoms with van der Waals surface area (Å²) in [6.45, 7) is 12.5. The van der Waals surface area contributed by atoms with Gasteiger partial charge < -0.3 is 13.3 Å². The van der Waals surface area contributed by atoms with Crippen molar-refractivity contribution in [2.24, 2.45) is 0 Å². The molecule has 0 amide bonds. The Bertz CT molecular complexity index is 89.4. The monoisotopic (exact) mass is 224 g/mol. The van der Waals surface area contributed by atoms with Gasteiger partial charge in [0, 0.05) is 19.8 Å². The van der Waals surface area contributed by atoms with Gasteiger partial charge in [-0.05, 0) is 33.9 Å². The topological polar surface area (TPSA) is 27.7 Å². The van der Waals surface area contributed by atoms with Crippen LogP contribution in [-0.4, -0.2) is 38.9 Å². The minimum atomic E-state index is -1.70. The van der Waals surface area contributed by atoms with Crippen LogP contribution in [-0.2, 0) is 13.3 Å². The van der Waals surface area contributed by atoms with Gasteiger partial charge in [-0.1, -0.05) is 0 Å².